The smallest absolute Gasteiger partial charge is 0.145 e. The summed E-state index contributed by atoms with van der Waals surface area (Å²) >= 11 is 0. The molecule has 0 radical (unpaired) electrons. The zero-order valence-corrected chi connectivity index (χ0v) is 11.0. The largest absolute Gasteiger partial charge is 0.370 e. The fourth-order valence-corrected chi connectivity index (χ4v) is 1.86. The minimum absolute atomic E-state index is 0.596. The molecule has 4 N–H and O–H groups in total. The number of nitrogens with zero attached hydrogens (tertiary/aromatic N) is 2. The van der Waals surface area contributed by atoms with E-state index in [9.17, 15) is 4.21 Å². The van der Waals surface area contributed by atoms with Crippen molar-refractivity contribution in [3.05, 3.63) is 11.9 Å². The van der Waals surface area contributed by atoms with Gasteiger partial charge in [-0.2, -0.15) is 0 Å². The molecule has 6 nitrogen and oxygen atoms in total. The highest BCUT2D eigenvalue weighted by atomic mass is 32.2. The first-order valence-corrected chi connectivity index (χ1v) is 7.27. The SMILES string of the molecule is CCc1nc(NN)cc(NCCCS(C)=O)n1. The lowest BCUT2D eigenvalue weighted by atomic mass is 10.4. The van der Waals surface area contributed by atoms with Crippen molar-refractivity contribution >= 4 is 22.4 Å². The molecule has 1 aromatic rings. The first kappa shape index (κ1) is 13.9. The van der Waals surface area contributed by atoms with Gasteiger partial charge in [-0.1, -0.05) is 6.92 Å². The van der Waals surface area contributed by atoms with Crippen LogP contribution in [0.15, 0.2) is 6.07 Å². The van der Waals surface area contributed by atoms with Gasteiger partial charge in [0.1, 0.15) is 17.5 Å². The van der Waals surface area contributed by atoms with Crippen LogP contribution in [0.25, 0.3) is 0 Å². The Balaban J connectivity index is 2.54. The van der Waals surface area contributed by atoms with Crippen LogP contribution in [0.1, 0.15) is 19.2 Å². The molecule has 0 aromatic carbocycles. The minimum atomic E-state index is -0.741. The van der Waals surface area contributed by atoms with E-state index < -0.39 is 10.8 Å². The van der Waals surface area contributed by atoms with Gasteiger partial charge in [-0.05, 0) is 6.42 Å². The maximum absolute atomic E-state index is 10.9. The average molecular weight is 257 g/mol. The average Bonchev–Trinajstić information content (AvgIpc) is 2.34. The molecule has 0 aliphatic heterocycles. The van der Waals surface area contributed by atoms with E-state index >= 15 is 0 Å². The molecule has 0 aliphatic carbocycles. The zero-order valence-electron chi connectivity index (χ0n) is 10.2. The Kier molecular flexibility index (Phi) is 5.85. The molecular formula is C10H19N5OS. The number of nitrogen functional groups attached to an aromatic ring is 1. The summed E-state index contributed by atoms with van der Waals surface area (Å²) < 4.78 is 10.9. The molecule has 0 saturated heterocycles. The molecule has 0 saturated carbocycles. The van der Waals surface area contributed by atoms with Gasteiger partial charge in [0.15, 0.2) is 0 Å². The Bertz CT molecular complexity index is 363. The molecule has 0 amide bonds. The number of aryl methyl sites for hydroxylation is 1. The highest BCUT2D eigenvalue weighted by Crippen LogP contribution is 2.10. The number of hydrogen-bond donors (Lipinski definition) is 3. The number of aromatic nitrogens is 2. The lowest BCUT2D eigenvalue weighted by Gasteiger charge is -2.08. The first-order chi connectivity index (χ1) is 8.15. The van der Waals surface area contributed by atoms with E-state index in [1.165, 1.54) is 0 Å². The molecule has 1 rings (SSSR count). The molecule has 0 aliphatic rings. The van der Waals surface area contributed by atoms with Gasteiger partial charge in [0.05, 0.1) is 0 Å². The van der Waals surface area contributed by atoms with E-state index in [1.807, 2.05) is 6.92 Å². The predicted octanol–water partition coefficient (Wildman–Crippen LogP) is 0.505. The molecule has 1 atom stereocenters. The van der Waals surface area contributed by atoms with E-state index in [2.05, 4.69) is 20.7 Å². The van der Waals surface area contributed by atoms with Crippen LogP contribution in [0.4, 0.5) is 11.6 Å². The fraction of sp³-hybridized carbons (Fsp3) is 0.600. The van der Waals surface area contributed by atoms with Gasteiger partial charge in [0.25, 0.3) is 0 Å². The Labute approximate surface area is 104 Å². The van der Waals surface area contributed by atoms with Crippen molar-refractivity contribution < 1.29 is 4.21 Å². The van der Waals surface area contributed by atoms with Gasteiger partial charge in [0.2, 0.25) is 0 Å². The molecule has 1 heterocycles. The van der Waals surface area contributed by atoms with Crippen molar-refractivity contribution in [2.45, 2.75) is 19.8 Å². The van der Waals surface area contributed by atoms with Gasteiger partial charge in [-0.15, -0.1) is 0 Å². The van der Waals surface area contributed by atoms with Gasteiger partial charge < -0.3 is 10.7 Å². The molecule has 7 heteroatoms. The van der Waals surface area contributed by atoms with Gasteiger partial charge in [-0.3, -0.25) is 4.21 Å². The van der Waals surface area contributed by atoms with Crippen LogP contribution in [0.3, 0.4) is 0 Å². The topological polar surface area (TPSA) is 92.9 Å². The maximum atomic E-state index is 10.9. The third-order valence-corrected chi connectivity index (χ3v) is 3.01. The number of hydrazine groups is 1. The Morgan fingerprint density at radius 2 is 2.12 bits per heavy atom. The number of nitrogens with one attached hydrogen (secondary N) is 2. The Morgan fingerprint density at radius 1 is 1.41 bits per heavy atom. The molecule has 0 bridgehead atoms. The summed E-state index contributed by atoms with van der Waals surface area (Å²) in [5.41, 5.74) is 2.51. The van der Waals surface area contributed by atoms with E-state index in [0.29, 0.717) is 11.6 Å². The lowest BCUT2D eigenvalue weighted by Crippen LogP contribution is -2.13. The highest BCUT2D eigenvalue weighted by molar-refractivity contribution is 7.84. The summed E-state index contributed by atoms with van der Waals surface area (Å²) in [5, 5.41) is 3.17. The quantitative estimate of drug-likeness (QED) is 0.374. The normalized spacial score (nSPS) is 12.2. The number of nitrogens with two attached hydrogens (primary N) is 1. The van der Waals surface area contributed by atoms with Crippen LogP contribution >= 0.6 is 0 Å². The lowest BCUT2D eigenvalue weighted by molar-refractivity contribution is 0.685. The van der Waals surface area contributed by atoms with Crippen molar-refractivity contribution in [3.63, 3.8) is 0 Å². The van der Waals surface area contributed by atoms with Crippen LogP contribution in [-0.2, 0) is 17.2 Å². The van der Waals surface area contributed by atoms with E-state index in [0.717, 1.165) is 31.0 Å². The van der Waals surface area contributed by atoms with E-state index in [-0.39, 0.29) is 0 Å². The van der Waals surface area contributed by atoms with Crippen LogP contribution in [-0.4, -0.2) is 32.7 Å². The second-order valence-corrected chi connectivity index (χ2v) is 5.16. The van der Waals surface area contributed by atoms with Crippen LogP contribution in [0.2, 0.25) is 0 Å². The Hall–Kier alpha value is -1.21. The third kappa shape index (κ3) is 5.10. The molecule has 1 aromatic heterocycles. The Morgan fingerprint density at radius 3 is 2.71 bits per heavy atom. The second-order valence-electron chi connectivity index (χ2n) is 3.61. The second kappa shape index (κ2) is 7.18. The molecule has 0 spiro atoms. The molecule has 1 unspecified atom stereocenters. The van der Waals surface area contributed by atoms with Crippen molar-refractivity contribution in [2.75, 3.05) is 29.3 Å². The van der Waals surface area contributed by atoms with Crippen molar-refractivity contribution in [2.24, 2.45) is 5.84 Å². The molecular weight excluding hydrogens is 238 g/mol. The van der Waals surface area contributed by atoms with Crippen LogP contribution in [0, 0.1) is 0 Å². The van der Waals surface area contributed by atoms with Crippen molar-refractivity contribution in [1.29, 1.82) is 0 Å². The standard InChI is InChI=1S/C10H19N5OS/c1-3-8-13-9(7-10(14-8)15-11)12-5-4-6-17(2)16/h7H,3-6,11H2,1-2H3,(H2,12,13,14,15). The number of hydrogen-bond acceptors (Lipinski definition) is 6. The van der Waals surface area contributed by atoms with E-state index in [4.69, 9.17) is 5.84 Å². The predicted molar refractivity (Wildman–Crippen MR) is 71.3 cm³/mol. The fourth-order valence-electron chi connectivity index (χ4n) is 1.31. The number of anilines is 2. The van der Waals surface area contributed by atoms with Gasteiger partial charge in [0, 0.05) is 41.8 Å². The summed E-state index contributed by atoms with van der Waals surface area (Å²) in [5.74, 6) is 8.10. The maximum Gasteiger partial charge on any atom is 0.145 e. The monoisotopic (exact) mass is 257 g/mol. The first-order valence-electron chi connectivity index (χ1n) is 5.54. The highest BCUT2D eigenvalue weighted by Gasteiger charge is 2.02. The van der Waals surface area contributed by atoms with E-state index in [1.54, 1.807) is 12.3 Å². The van der Waals surface area contributed by atoms with Crippen molar-refractivity contribution in [3.8, 4) is 0 Å². The van der Waals surface area contributed by atoms with Crippen molar-refractivity contribution in [1.82, 2.24) is 9.97 Å². The molecule has 0 fully saturated rings. The summed E-state index contributed by atoms with van der Waals surface area (Å²) in [6, 6.07) is 1.75. The van der Waals surface area contributed by atoms with Gasteiger partial charge in [-0.25, -0.2) is 15.8 Å². The third-order valence-electron chi connectivity index (χ3n) is 2.15. The summed E-state index contributed by atoms with van der Waals surface area (Å²) in [4.78, 5) is 8.51. The summed E-state index contributed by atoms with van der Waals surface area (Å²) in [6.45, 7) is 2.73. The van der Waals surface area contributed by atoms with Crippen LogP contribution in [0.5, 0.6) is 0 Å². The molecule has 17 heavy (non-hydrogen) atoms. The van der Waals surface area contributed by atoms with Gasteiger partial charge >= 0.3 is 0 Å². The number of rotatable bonds is 7. The molecule has 96 valence electrons. The summed E-state index contributed by atoms with van der Waals surface area (Å²) in [6.07, 6.45) is 3.31. The zero-order chi connectivity index (χ0) is 12.7. The van der Waals surface area contributed by atoms with Crippen LogP contribution < -0.4 is 16.6 Å². The minimum Gasteiger partial charge on any atom is -0.370 e. The summed E-state index contributed by atoms with van der Waals surface area (Å²) in [7, 11) is -0.741.